The molecule has 3 rings (SSSR count). The fourth-order valence-electron chi connectivity index (χ4n) is 2.27. The summed E-state index contributed by atoms with van der Waals surface area (Å²) in [6.45, 7) is 0. The van der Waals surface area contributed by atoms with E-state index < -0.39 is 0 Å². The van der Waals surface area contributed by atoms with Gasteiger partial charge in [0.25, 0.3) is 0 Å². The van der Waals surface area contributed by atoms with Crippen LogP contribution in [0.15, 0.2) is 72.8 Å². The lowest BCUT2D eigenvalue weighted by atomic mass is 9.99. The molecule has 0 radical (unpaired) electrons. The van der Waals surface area contributed by atoms with Crippen molar-refractivity contribution >= 4 is 5.69 Å². The fourth-order valence-corrected chi connectivity index (χ4v) is 2.27. The second kappa shape index (κ2) is 5.17. The zero-order chi connectivity index (χ0) is 13.9. The summed E-state index contributed by atoms with van der Waals surface area (Å²) in [5.74, 6) is -0.313. The van der Waals surface area contributed by atoms with Crippen molar-refractivity contribution in [2.45, 2.75) is 0 Å². The van der Waals surface area contributed by atoms with E-state index in [1.807, 2.05) is 42.5 Å². The average Bonchev–Trinajstić information content (AvgIpc) is 2.48. The van der Waals surface area contributed by atoms with Crippen molar-refractivity contribution in [3.63, 3.8) is 0 Å². The Hall–Kier alpha value is -2.61. The highest BCUT2D eigenvalue weighted by atomic mass is 19.1. The van der Waals surface area contributed by atoms with Crippen LogP contribution in [0.1, 0.15) is 0 Å². The Morgan fingerprint density at radius 1 is 0.650 bits per heavy atom. The third-order valence-electron chi connectivity index (χ3n) is 3.32. The molecule has 0 spiro atoms. The first-order valence-corrected chi connectivity index (χ1v) is 6.45. The van der Waals surface area contributed by atoms with Gasteiger partial charge in [-0.1, -0.05) is 54.6 Å². The van der Waals surface area contributed by atoms with Gasteiger partial charge in [-0.25, -0.2) is 4.39 Å². The van der Waals surface area contributed by atoms with Gasteiger partial charge in [-0.15, -0.1) is 0 Å². The van der Waals surface area contributed by atoms with Crippen LogP contribution in [0.3, 0.4) is 0 Å². The first kappa shape index (κ1) is 12.4. The van der Waals surface area contributed by atoms with Crippen LogP contribution in [-0.4, -0.2) is 0 Å². The third-order valence-corrected chi connectivity index (χ3v) is 3.32. The van der Waals surface area contributed by atoms with Crippen LogP contribution in [-0.2, 0) is 0 Å². The molecule has 2 N–H and O–H groups in total. The van der Waals surface area contributed by atoms with E-state index >= 15 is 0 Å². The molecule has 0 heterocycles. The zero-order valence-corrected chi connectivity index (χ0v) is 10.9. The van der Waals surface area contributed by atoms with Crippen molar-refractivity contribution in [1.29, 1.82) is 0 Å². The highest BCUT2D eigenvalue weighted by Crippen LogP contribution is 2.28. The molecule has 0 aliphatic carbocycles. The van der Waals surface area contributed by atoms with Gasteiger partial charge < -0.3 is 5.73 Å². The maximum absolute atomic E-state index is 13.1. The number of nitrogens with two attached hydrogens (primary N) is 1. The first-order valence-electron chi connectivity index (χ1n) is 6.45. The molecule has 1 nitrogen and oxygen atoms in total. The van der Waals surface area contributed by atoms with E-state index in [1.165, 1.54) is 17.7 Å². The molecule has 0 bridgehead atoms. The lowest BCUT2D eigenvalue weighted by molar-refractivity contribution is 0.628. The molecule has 2 heteroatoms. The van der Waals surface area contributed by atoms with E-state index in [2.05, 4.69) is 12.1 Å². The van der Waals surface area contributed by atoms with Crippen LogP contribution in [0, 0.1) is 5.82 Å². The topological polar surface area (TPSA) is 26.0 Å². The standard InChI is InChI=1S/C18H14FN/c19-16-10-11-17(18(20)12-16)15-8-6-14(7-9-15)13-4-2-1-3-5-13/h1-12H,20H2. The van der Waals surface area contributed by atoms with Gasteiger partial charge in [-0.2, -0.15) is 0 Å². The highest BCUT2D eigenvalue weighted by Gasteiger charge is 2.04. The van der Waals surface area contributed by atoms with E-state index in [4.69, 9.17) is 5.73 Å². The Morgan fingerprint density at radius 3 is 1.90 bits per heavy atom. The van der Waals surface area contributed by atoms with Gasteiger partial charge in [-0.3, -0.25) is 0 Å². The average molecular weight is 263 g/mol. The van der Waals surface area contributed by atoms with Crippen molar-refractivity contribution in [3.05, 3.63) is 78.6 Å². The summed E-state index contributed by atoms with van der Waals surface area (Å²) in [6.07, 6.45) is 0. The molecule has 0 aromatic heterocycles. The number of hydrogen-bond donors (Lipinski definition) is 1. The molecule has 0 aliphatic heterocycles. The zero-order valence-electron chi connectivity index (χ0n) is 10.9. The molecule has 0 saturated carbocycles. The molecule has 0 atom stereocenters. The normalized spacial score (nSPS) is 10.4. The number of halogens is 1. The second-order valence-corrected chi connectivity index (χ2v) is 4.67. The SMILES string of the molecule is Nc1cc(F)ccc1-c1ccc(-c2ccccc2)cc1. The van der Waals surface area contributed by atoms with Crippen molar-refractivity contribution in [2.75, 3.05) is 5.73 Å². The minimum atomic E-state index is -0.313. The van der Waals surface area contributed by atoms with Crippen molar-refractivity contribution in [2.24, 2.45) is 0 Å². The van der Waals surface area contributed by atoms with Crippen LogP contribution in [0.2, 0.25) is 0 Å². The van der Waals surface area contributed by atoms with Gasteiger partial charge in [0, 0.05) is 11.3 Å². The lowest BCUT2D eigenvalue weighted by Crippen LogP contribution is -1.91. The summed E-state index contributed by atoms with van der Waals surface area (Å²) in [5.41, 5.74) is 10.5. The first-order chi connectivity index (χ1) is 9.74. The minimum absolute atomic E-state index is 0.313. The number of benzene rings is 3. The van der Waals surface area contributed by atoms with Crippen LogP contribution in [0.4, 0.5) is 10.1 Å². The molecule has 0 aliphatic rings. The number of nitrogen functional groups attached to an aromatic ring is 1. The Labute approximate surface area is 117 Å². The van der Waals surface area contributed by atoms with Gasteiger partial charge >= 0.3 is 0 Å². The molecule has 98 valence electrons. The maximum Gasteiger partial charge on any atom is 0.125 e. The van der Waals surface area contributed by atoms with E-state index in [0.717, 1.165) is 16.7 Å². The second-order valence-electron chi connectivity index (χ2n) is 4.67. The summed E-state index contributed by atoms with van der Waals surface area (Å²) in [5, 5.41) is 0. The number of rotatable bonds is 2. The fraction of sp³-hybridized carbons (Fsp3) is 0. The van der Waals surface area contributed by atoms with Gasteiger partial charge in [0.15, 0.2) is 0 Å². The Balaban J connectivity index is 1.97. The summed E-state index contributed by atoms with van der Waals surface area (Å²) >= 11 is 0. The lowest BCUT2D eigenvalue weighted by Gasteiger charge is -2.07. The summed E-state index contributed by atoms with van der Waals surface area (Å²) in [7, 11) is 0. The highest BCUT2D eigenvalue weighted by molar-refractivity contribution is 5.78. The minimum Gasteiger partial charge on any atom is -0.398 e. The molecule has 0 amide bonds. The molecule has 0 unspecified atom stereocenters. The molecule has 3 aromatic rings. The molecular formula is C18H14FN. The Kier molecular flexibility index (Phi) is 3.21. The van der Waals surface area contributed by atoms with E-state index in [0.29, 0.717) is 5.69 Å². The van der Waals surface area contributed by atoms with Gasteiger partial charge in [0.05, 0.1) is 0 Å². The predicted molar refractivity (Wildman–Crippen MR) is 81.7 cm³/mol. The third kappa shape index (κ3) is 2.41. The molecule has 0 saturated heterocycles. The van der Waals surface area contributed by atoms with Crippen LogP contribution >= 0.6 is 0 Å². The monoisotopic (exact) mass is 263 g/mol. The van der Waals surface area contributed by atoms with E-state index in [-0.39, 0.29) is 5.82 Å². The largest absolute Gasteiger partial charge is 0.398 e. The van der Waals surface area contributed by atoms with Crippen LogP contribution < -0.4 is 5.73 Å². The van der Waals surface area contributed by atoms with Gasteiger partial charge in [0.2, 0.25) is 0 Å². The predicted octanol–water partition coefficient (Wildman–Crippen LogP) is 4.74. The van der Waals surface area contributed by atoms with Crippen LogP contribution in [0.25, 0.3) is 22.3 Å². The van der Waals surface area contributed by atoms with Crippen LogP contribution in [0.5, 0.6) is 0 Å². The Bertz CT molecular complexity index is 718. The molecule has 0 fully saturated rings. The quantitative estimate of drug-likeness (QED) is 0.664. The smallest absolute Gasteiger partial charge is 0.125 e. The summed E-state index contributed by atoms with van der Waals surface area (Å²) < 4.78 is 13.1. The maximum atomic E-state index is 13.1. The van der Waals surface area contributed by atoms with E-state index in [9.17, 15) is 4.39 Å². The summed E-state index contributed by atoms with van der Waals surface area (Å²) in [4.78, 5) is 0. The summed E-state index contributed by atoms with van der Waals surface area (Å²) in [6, 6.07) is 22.8. The number of hydrogen-bond acceptors (Lipinski definition) is 1. The molecule has 20 heavy (non-hydrogen) atoms. The van der Waals surface area contributed by atoms with Gasteiger partial charge in [-0.05, 0) is 34.9 Å². The van der Waals surface area contributed by atoms with Gasteiger partial charge in [0.1, 0.15) is 5.82 Å². The molecular weight excluding hydrogens is 249 g/mol. The van der Waals surface area contributed by atoms with Crippen molar-refractivity contribution in [1.82, 2.24) is 0 Å². The van der Waals surface area contributed by atoms with E-state index in [1.54, 1.807) is 6.07 Å². The Morgan fingerprint density at radius 2 is 1.25 bits per heavy atom. The van der Waals surface area contributed by atoms with Crippen molar-refractivity contribution in [3.8, 4) is 22.3 Å². The molecule has 3 aromatic carbocycles. The van der Waals surface area contributed by atoms with Crippen molar-refractivity contribution < 1.29 is 4.39 Å². The number of anilines is 1.